The molecule has 2 N–H and O–H groups in total. The summed E-state index contributed by atoms with van der Waals surface area (Å²) in [6, 6.07) is 17.7. The first kappa shape index (κ1) is 17.7. The number of carbonyl (C=O) groups is 1. The number of nitrogens with one attached hydrogen (secondary N) is 2. The van der Waals surface area contributed by atoms with E-state index in [2.05, 4.69) is 22.4 Å². The van der Waals surface area contributed by atoms with Crippen LogP contribution in [-0.2, 0) is 4.79 Å². The smallest absolute Gasteiger partial charge is 0.226 e. The lowest BCUT2D eigenvalue weighted by Gasteiger charge is -2.12. The fourth-order valence-corrected chi connectivity index (χ4v) is 2.99. The van der Waals surface area contributed by atoms with E-state index in [9.17, 15) is 4.79 Å². The van der Waals surface area contributed by atoms with E-state index in [0.717, 1.165) is 28.1 Å². The maximum Gasteiger partial charge on any atom is 0.226 e. The summed E-state index contributed by atoms with van der Waals surface area (Å²) in [5.74, 6) is 1.43. The van der Waals surface area contributed by atoms with Crippen LogP contribution in [0, 0.1) is 6.92 Å². The molecule has 0 aliphatic rings. The summed E-state index contributed by atoms with van der Waals surface area (Å²) < 4.78 is 5.20. The van der Waals surface area contributed by atoms with Crippen molar-refractivity contribution < 1.29 is 9.53 Å². The van der Waals surface area contributed by atoms with E-state index in [1.54, 1.807) is 7.11 Å². The van der Waals surface area contributed by atoms with Gasteiger partial charge in [-0.1, -0.05) is 49.4 Å². The molecule has 0 unspecified atom stereocenters. The second-order valence-electron chi connectivity index (χ2n) is 6.36. The molecule has 0 spiro atoms. The van der Waals surface area contributed by atoms with Crippen LogP contribution in [0.4, 0.5) is 5.82 Å². The average molecular weight is 349 g/mol. The van der Waals surface area contributed by atoms with Crippen LogP contribution in [0.2, 0.25) is 0 Å². The van der Waals surface area contributed by atoms with Gasteiger partial charge in [0, 0.05) is 17.7 Å². The van der Waals surface area contributed by atoms with Gasteiger partial charge in [-0.05, 0) is 36.1 Å². The van der Waals surface area contributed by atoms with Gasteiger partial charge in [0.2, 0.25) is 5.91 Å². The summed E-state index contributed by atoms with van der Waals surface area (Å²) in [5.41, 5.74) is 3.93. The third-order valence-corrected chi connectivity index (χ3v) is 4.44. The molecule has 1 heterocycles. The molecule has 0 saturated carbocycles. The number of methoxy groups -OCH3 is 1. The molecule has 2 aromatic carbocycles. The van der Waals surface area contributed by atoms with E-state index in [0.29, 0.717) is 12.2 Å². The fourth-order valence-electron chi connectivity index (χ4n) is 2.99. The molecule has 26 heavy (non-hydrogen) atoms. The Labute approximate surface area is 153 Å². The maximum atomic E-state index is 12.5. The number of aromatic nitrogens is 2. The number of ether oxygens (including phenoxy) is 1. The summed E-state index contributed by atoms with van der Waals surface area (Å²) in [7, 11) is 1.64. The molecule has 3 rings (SSSR count). The third-order valence-electron chi connectivity index (χ3n) is 4.44. The molecule has 0 aliphatic heterocycles. The van der Waals surface area contributed by atoms with Gasteiger partial charge in [-0.3, -0.25) is 9.89 Å². The molecule has 134 valence electrons. The molecule has 1 aromatic heterocycles. The predicted octanol–water partition coefficient (Wildman–Crippen LogP) is 4.53. The number of anilines is 1. The summed E-state index contributed by atoms with van der Waals surface area (Å²) in [4.78, 5) is 12.5. The Balaban J connectivity index is 1.75. The van der Waals surface area contributed by atoms with Gasteiger partial charge in [0.05, 0.1) is 7.11 Å². The van der Waals surface area contributed by atoms with E-state index < -0.39 is 0 Å². The average Bonchev–Trinajstić information content (AvgIpc) is 3.02. The first-order valence-corrected chi connectivity index (χ1v) is 8.62. The van der Waals surface area contributed by atoms with Crippen LogP contribution in [0.15, 0.2) is 54.6 Å². The van der Waals surface area contributed by atoms with Crippen LogP contribution < -0.4 is 10.1 Å². The molecule has 1 atom stereocenters. The van der Waals surface area contributed by atoms with Gasteiger partial charge in [-0.15, -0.1) is 0 Å². The Morgan fingerprint density at radius 3 is 2.50 bits per heavy atom. The van der Waals surface area contributed by atoms with Crippen molar-refractivity contribution in [3.05, 3.63) is 65.9 Å². The summed E-state index contributed by atoms with van der Waals surface area (Å²) in [5, 5.41) is 10.2. The van der Waals surface area contributed by atoms with Crippen LogP contribution in [0.25, 0.3) is 11.1 Å². The molecule has 0 bridgehead atoms. The molecule has 0 aliphatic carbocycles. The standard InChI is InChI=1S/C21H23N3O2/c1-14(16-7-5-4-6-8-16)13-19(25)22-21-20(15(2)23-24-21)17-9-11-18(26-3)12-10-17/h4-12,14H,13H2,1-3H3,(H2,22,23,24,25)/t14-/m1/s1. The largest absolute Gasteiger partial charge is 0.497 e. The van der Waals surface area contributed by atoms with Crippen molar-refractivity contribution in [1.29, 1.82) is 0 Å². The lowest BCUT2D eigenvalue weighted by molar-refractivity contribution is -0.116. The molecule has 0 saturated heterocycles. The minimum atomic E-state index is -0.0531. The Morgan fingerprint density at radius 1 is 1.15 bits per heavy atom. The van der Waals surface area contributed by atoms with Crippen molar-refractivity contribution in [3.63, 3.8) is 0 Å². The summed E-state index contributed by atoms with van der Waals surface area (Å²) in [6.45, 7) is 3.99. The van der Waals surface area contributed by atoms with E-state index in [-0.39, 0.29) is 11.8 Å². The van der Waals surface area contributed by atoms with Gasteiger partial charge in [0.15, 0.2) is 5.82 Å². The molecule has 1 amide bonds. The first-order chi connectivity index (χ1) is 12.6. The van der Waals surface area contributed by atoms with Gasteiger partial charge >= 0.3 is 0 Å². The number of aryl methyl sites for hydroxylation is 1. The van der Waals surface area contributed by atoms with Gasteiger partial charge in [-0.25, -0.2) is 0 Å². The van der Waals surface area contributed by atoms with E-state index >= 15 is 0 Å². The summed E-state index contributed by atoms with van der Waals surface area (Å²) in [6.07, 6.45) is 0.401. The number of rotatable bonds is 6. The molecule has 0 fully saturated rings. The van der Waals surface area contributed by atoms with Crippen LogP contribution in [0.3, 0.4) is 0 Å². The van der Waals surface area contributed by atoms with Crippen LogP contribution in [-0.4, -0.2) is 23.2 Å². The molecule has 3 aromatic rings. The third kappa shape index (κ3) is 3.94. The SMILES string of the molecule is COc1ccc(-c2c(NC(=O)C[C@@H](C)c3ccccc3)n[nH]c2C)cc1. The fraction of sp³-hybridized carbons (Fsp3) is 0.238. The highest BCUT2D eigenvalue weighted by atomic mass is 16.5. The number of amides is 1. The summed E-state index contributed by atoms with van der Waals surface area (Å²) >= 11 is 0. The van der Waals surface area contributed by atoms with Crippen LogP contribution in [0.1, 0.15) is 30.5 Å². The lowest BCUT2D eigenvalue weighted by Crippen LogP contribution is -2.15. The number of H-pyrrole nitrogens is 1. The molecule has 5 nitrogen and oxygen atoms in total. The van der Waals surface area contributed by atoms with E-state index in [4.69, 9.17) is 4.74 Å². The van der Waals surface area contributed by atoms with Crippen molar-refractivity contribution in [1.82, 2.24) is 10.2 Å². The zero-order chi connectivity index (χ0) is 18.5. The van der Waals surface area contributed by atoms with Gasteiger partial charge < -0.3 is 10.1 Å². The topological polar surface area (TPSA) is 67.0 Å². The van der Waals surface area contributed by atoms with Crippen molar-refractivity contribution in [2.24, 2.45) is 0 Å². The highest BCUT2D eigenvalue weighted by Crippen LogP contribution is 2.31. The molecule has 0 radical (unpaired) electrons. The van der Waals surface area contributed by atoms with Gasteiger partial charge in [-0.2, -0.15) is 5.10 Å². The first-order valence-electron chi connectivity index (χ1n) is 8.62. The minimum Gasteiger partial charge on any atom is -0.497 e. The highest BCUT2D eigenvalue weighted by Gasteiger charge is 2.17. The monoisotopic (exact) mass is 349 g/mol. The normalized spacial score (nSPS) is 11.8. The number of aromatic amines is 1. The Kier molecular flexibility index (Phi) is 5.37. The zero-order valence-corrected chi connectivity index (χ0v) is 15.2. The van der Waals surface area contributed by atoms with Crippen LogP contribution >= 0.6 is 0 Å². The van der Waals surface area contributed by atoms with Crippen molar-refractivity contribution >= 4 is 11.7 Å². The molecular formula is C21H23N3O2. The quantitative estimate of drug-likeness (QED) is 0.687. The minimum absolute atomic E-state index is 0.0531. The van der Waals surface area contributed by atoms with Crippen LogP contribution in [0.5, 0.6) is 5.75 Å². The van der Waals surface area contributed by atoms with Gasteiger partial charge in [0.25, 0.3) is 0 Å². The van der Waals surface area contributed by atoms with Crippen molar-refractivity contribution in [2.45, 2.75) is 26.2 Å². The Hall–Kier alpha value is -3.08. The molecule has 5 heteroatoms. The number of nitrogens with zero attached hydrogens (tertiary/aromatic N) is 1. The van der Waals surface area contributed by atoms with Crippen molar-refractivity contribution in [3.8, 4) is 16.9 Å². The number of carbonyl (C=O) groups excluding carboxylic acids is 1. The van der Waals surface area contributed by atoms with E-state index in [1.807, 2.05) is 61.5 Å². The second-order valence-corrected chi connectivity index (χ2v) is 6.36. The van der Waals surface area contributed by atoms with Gasteiger partial charge in [0.1, 0.15) is 5.75 Å². The number of hydrogen-bond acceptors (Lipinski definition) is 3. The highest BCUT2D eigenvalue weighted by molar-refractivity contribution is 5.95. The predicted molar refractivity (Wildman–Crippen MR) is 103 cm³/mol. The number of hydrogen-bond donors (Lipinski definition) is 2. The Bertz CT molecular complexity index is 870. The van der Waals surface area contributed by atoms with Crippen molar-refractivity contribution in [2.75, 3.05) is 12.4 Å². The van der Waals surface area contributed by atoms with E-state index in [1.165, 1.54) is 0 Å². The maximum absolute atomic E-state index is 12.5. The zero-order valence-electron chi connectivity index (χ0n) is 15.2. The molecular weight excluding hydrogens is 326 g/mol. The Morgan fingerprint density at radius 2 is 1.85 bits per heavy atom. The lowest BCUT2D eigenvalue weighted by atomic mass is 9.97. The second kappa shape index (κ2) is 7.87. The number of benzene rings is 2.